The van der Waals surface area contributed by atoms with E-state index in [9.17, 15) is 12.8 Å². The monoisotopic (exact) mass is 197 g/mol. The van der Waals surface area contributed by atoms with Crippen molar-refractivity contribution in [1.82, 2.24) is 0 Å². The van der Waals surface area contributed by atoms with Gasteiger partial charge in [0, 0.05) is 6.04 Å². The molecular formula is C7H16FNO2S. The predicted molar refractivity (Wildman–Crippen MR) is 47.5 cm³/mol. The van der Waals surface area contributed by atoms with Crippen molar-refractivity contribution in [3.8, 4) is 0 Å². The number of halogens is 1. The first-order valence-electron chi connectivity index (χ1n) is 4.00. The summed E-state index contributed by atoms with van der Waals surface area (Å²) in [6.07, 6.45) is 0.551. The van der Waals surface area contributed by atoms with Crippen LogP contribution in [0.2, 0.25) is 0 Å². The van der Waals surface area contributed by atoms with Crippen LogP contribution in [0.15, 0.2) is 0 Å². The fraction of sp³-hybridized carbons (Fsp3) is 1.00. The van der Waals surface area contributed by atoms with E-state index in [1.807, 2.05) is 0 Å². The molecule has 0 aliphatic rings. The predicted octanol–water partition coefficient (Wildman–Crippen LogP) is 0.498. The highest BCUT2D eigenvalue weighted by Crippen LogP contribution is 1.99. The number of alkyl halides is 1. The summed E-state index contributed by atoms with van der Waals surface area (Å²) in [5.41, 5.74) is 5.39. The van der Waals surface area contributed by atoms with Gasteiger partial charge in [0.1, 0.15) is 9.84 Å². The summed E-state index contributed by atoms with van der Waals surface area (Å²) in [5.74, 6) is 0.0148. The molecule has 0 rings (SSSR count). The van der Waals surface area contributed by atoms with Crippen molar-refractivity contribution in [1.29, 1.82) is 0 Å². The van der Waals surface area contributed by atoms with E-state index >= 15 is 0 Å². The molecule has 1 atom stereocenters. The summed E-state index contributed by atoms with van der Waals surface area (Å²) < 4.78 is 33.8. The second kappa shape index (κ2) is 5.48. The normalized spacial score (nSPS) is 14.6. The zero-order valence-corrected chi connectivity index (χ0v) is 8.11. The second-order valence-electron chi connectivity index (χ2n) is 2.96. The molecule has 0 amide bonds. The minimum Gasteiger partial charge on any atom is -0.328 e. The van der Waals surface area contributed by atoms with Gasteiger partial charge in [-0.3, -0.25) is 4.39 Å². The number of hydrogen-bond acceptors (Lipinski definition) is 3. The third-order valence-electron chi connectivity index (χ3n) is 1.47. The zero-order valence-electron chi connectivity index (χ0n) is 7.29. The van der Waals surface area contributed by atoms with Crippen LogP contribution in [-0.2, 0) is 9.84 Å². The Morgan fingerprint density at radius 2 is 2.00 bits per heavy atom. The Bertz CT molecular complexity index is 201. The van der Waals surface area contributed by atoms with Gasteiger partial charge < -0.3 is 5.73 Å². The van der Waals surface area contributed by atoms with E-state index in [0.717, 1.165) is 0 Å². The lowest BCUT2D eigenvalue weighted by molar-refractivity contribution is 0.484. The number of nitrogens with two attached hydrogens (primary N) is 1. The van der Waals surface area contributed by atoms with Crippen LogP contribution in [0.5, 0.6) is 0 Å². The molecule has 0 saturated carbocycles. The Hall–Kier alpha value is -0.160. The van der Waals surface area contributed by atoms with E-state index in [1.165, 1.54) is 0 Å². The molecule has 0 aliphatic heterocycles. The lowest BCUT2D eigenvalue weighted by atomic mass is 10.3. The van der Waals surface area contributed by atoms with Gasteiger partial charge in [-0.05, 0) is 19.8 Å². The van der Waals surface area contributed by atoms with Crippen LogP contribution in [0.25, 0.3) is 0 Å². The maximum atomic E-state index is 11.6. The van der Waals surface area contributed by atoms with E-state index in [0.29, 0.717) is 6.42 Å². The van der Waals surface area contributed by atoms with Crippen molar-refractivity contribution in [3.05, 3.63) is 0 Å². The van der Waals surface area contributed by atoms with Gasteiger partial charge in [-0.1, -0.05) is 0 Å². The van der Waals surface area contributed by atoms with Crippen molar-refractivity contribution in [2.24, 2.45) is 5.73 Å². The van der Waals surface area contributed by atoms with Crippen LogP contribution < -0.4 is 5.73 Å². The van der Waals surface area contributed by atoms with E-state index in [2.05, 4.69) is 0 Å². The van der Waals surface area contributed by atoms with Gasteiger partial charge in [0.05, 0.1) is 18.2 Å². The molecule has 0 aromatic rings. The summed E-state index contributed by atoms with van der Waals surface area (Å²) in [7, 11) is -3.06. The quantitative estimate of drug-likeness (QED) is 0.674. The standard InChI is InChI=1S/C7H16FNO2S/c1-7(9)3-6-12(10,11)5-2-4-8/h7H,2-6,9H2,1H3. The van der Waals surface area contributed by atoms with Crippen molar-refractivity contribution >= 4 is 9.84 Å². The maximum Gasteiger partial charge on any atom is 0.150 e. The minimum atomic E-state index is -3.06. The van der Waals surface area contributed by atoms with Gasteiger partial charge in [0.15, 0.2) is 0 Å². The first-order valence-corrected chi connectivity index (χ1v) is 5.82. The smallest absolute Gasteiger partial charge is 0.150 e. The Labute approximate surface area is 73.1 Å². The molecule has 12 heavy (non-hydrogen) atoms. The molecule has 0 aliphatic carbocycles. The fourth-order valence-corrected chi connectivity index (χ4v) is 2.23. The molecule has 0 aromatic heterocycles. The zero-order chi connectivity index (χ0) is 9.61. The summed E-state index contributed by atoms with van der Waals surface area (Å²) in [6, 6.07) is -0.106. The maximum absolute atomic E-state index is 11.6. The minimum absolute atomic E-state index is 0.0593. The lowest BCUT2D eigenvalue weighted by Gasteiger charge is -2.04. The number of sulfone groups is 1. The molecule has 0 fully saturated rings. The Balaban J connectivity index is 3.73. The van der Waals surface area contributed by atoms with Crippen LogP contribution in [0.4, 0.5) is 4.39 Å². The third kappa shape index (κ3) is 6.54. The van der Waals surface area contributed by atoms with Gasteiger partial charge in [-0.15, -0.1) is 0 Å². The van der Waals surface area contributed by atoms with Gasteiger partial charge >= 0.3 is 0 Å². The average molecular weight is 197 g/mol. The first-order chi connectivity index (χ1) is 5.48. The Morgan fingerprint density at radius 3 is 2.42 bits per heavy atom. The topological polar surface area (TPSA) is 60.2 Å². The molecular weight excluding hydrogens is 181 g/mol. The average Bonchev–Trinajstić information content (AvgIpc) is 1.98. The van der Waals surface area contributed by atoms with Crippen molar-refractivity contribution in [2.75, 3.05) is 18.2 Å². The molecule has 1 unspecified atom stereocenters. The van der Waals surface area contributed by atoms with Gasteiger partial charge in [-0.2, -0.15) is 0 Å². The Kier molecular flexibility index (Phi) is 5.41. The molecule has 2 N–H and O–H groups in total. The number of rotatable bonds is 6. The largest absolute Gasteiger partial charge is 0.328 e. The van der Waals surface area contributed by atoms with E-state index in [4.69, 9.17) is 5.73 Å². The van der Waals surface area contributed by atoms with Crippen LogP contribution in [-0.4, -0.2) is 32.6 Å². The van der Waals surface area contributed by atoms with Gasteiger partial charge in [-0.25, -0.2) is 8.42 Å². The van der Waals surface area contributed by atoms with Crippen molar-refractivity contribution in [2.45, 2.75) is 25.8 Å². The highest BCUT2D eigenvalue weighted by molar-refractivity contribution is 7.91. The molecule has 0 bridgehead atoms. The first kappa shape index (κ1) is 11.8. The second-order valence-corrected chi connectivity index (χ2v) is 5.26. The third-order valence-corrected chi connectivity index (χ3v) is 3.24. The fourth-order valence-electron chi connectivity index (χ4n) is 0.742. The molecule has 0 heterocycles. The van der Waals surface area contributed by atoms with Crippen LogP contribution in [0.1, 0.15) is 19.8 Å². The Morgan fingerprint density at radius 1 is 1.42 bits per heavy atom. The molecule has 5 heteroatoms. The molecule has 0 spiro atoms. The van der Waals surface area contributed by atoms with Crippen LogP contribution in [0.3, 0.4) is 0 Å². The summed E-state index contributed by atoms with van der Waals surface area (Å²) in [6.45, 7) is 1.18. The SMILES string of the molecule is CC(N)CCS(=O)(=O)CCCF. The molecule has 74 valence electrons. The van der Waals surface area contributed by atoms with Gasteiger partial charge in [0.2, 0.25) is 0 Å². The van der Waals surface area contributed by atoms with E-state index in [-0.39, 0.29) is 24.0 Å². The summed E-state index contributed by atoms with van der Waals surface area (Å²) in [5, 5.41) is 0. The lowest BCUT2D eigenvalue weighted by Crippen LogP contribution is -2.21. The summed E-state index contributed by atoms with van der Waals surface area (Å²) in [4.78, 5) is 0. The van der Waals surface area contributed by atoms with E-state index < -0.39 is 16.5 Å². The van der Waals surface area contributed by atoms with Gasteiger partial charge in [0.25, 0.3) is 0 Å². The molecule has 0 radical (unpaired) electrons. The van der Waals surface area contributed by atoms with Crippen LogP contribution in [0, 0.1) is 0 Å². The molecule has 0 aromatic carbocycles. The number of hydrogen-bond donors (Lipinski definition) is 1. The highest BCUT2D eigenvalue weighted by Gasteiger charge is 2.10. The van der Waals surface area contributed by atoms with E-state index in [1.54, 1.807) is 6.92 Å². The summed E-state index contributed by atoms with van der Waals surface area (Å²) >= 11 is 0. The highest BCUT2D eigenvalue weighted by atomic mass is 32.2. The molecule has 0 saturated heterocycles. The van der Waals surface area contributed by atoms with Crippen LogP contribution >= 0.6 is 0 Å². The van der Waals surface area contributed by atoms with Crippen molar-refractivity contribution < 1.29 is 12.8 Å². The molecule has 3 nitrogen and oxygen atoms in total. The van der Waals surface area contributed by atoms with Crippen molar-refractivity contribution in [3.63, 3.8) is 0 Å².